The van der Waals surface area contributed by atoms with Crippen LogP contribution in [0.1, 0.15) is 5.56 Å². The van der Waals surface area contributed by atoms with Crippen molar-refractivity contribution in [2.75, 3.05) is 7.05 Å². The van der Waals surface area contributed by atoms with Crippen LogP contribution in [0.4, 0.5) is 0 Å². The molecule has 0 N–H and O–H groups in total. The standard InChI is InChI=1S/C13H11Br2ClN2O2S/c1-18(8-9-2-4-10(14)5-3-9)21(19,20)12-6-11(15)7-17-13(12)16/h2-7H,8H2,1H3. The largest absolute Gasteiger partial charge is 0.246 e. The maximum Gasteiger partial charge on any atom is 0.246 e. The highest BCUT2D eigenvalue weighted by molar-refractivity contribution is 9.10. The third kappa shape index (κ3) is 4.04. The molecule has 2 aromatic rings. The summed E-state index contributed by atoms with van der Waals surface area (Å²) in [6.45, 7) is 0.248. The number of halogens is 3. The molecular formula is C13H11Br2ClN2O2S. The molecule has 0 saturated carbocycles. The van der Waals surface area contributed by atoms with E-state index in [1.165, 1.54) is 23.6 Å². The van der Waals surface area contributed by atoms with Gasteiger partial charge in [-0.3, -0.25) is 0 Å². The van der Waals surface area contributed by atoms with Crippen molar-refractivity contribution >= 4 is 53.5 Å². The second-order valence-corrected chi connectivity index (χ2v) is 8.53. The summed E-state index contributed by atoms with van der Waals surface area (Å²) in [5, 5.41) is -0.0409. The molecule has 8 heteroatoms. The topological polar surface area (TPSA) is 50.3 Å². The summed E-state index contributed by atoms with van der Waals surface area (Å²) in [6.07, 6.45) is 1.45. The van der Waals surface area contributed by atoms with E-state index in [1.807, 2.05) is 24.3 Å². The Morgan fingerprint density at radius 2 is 1.81 bits per heavy atom. The number of nitrogens with zero attached hydrogens (tertiary/aromatic N) is 2. The quantitative estimate of drug-likeness (QED) is 0.654. The van der Waals surface area contributed by atoms with Gasteiger partial charge in [-0.25, -0.2) is 13.4 Å². The highest BCUT2D eigenvalue weighted by Crippen LogP contribution is 2.26. The van der Waals surface area contributed by atoms with Gasteiger partial charge >= 0.3 is 0 Å². The first-order chi connectivity index (χ1) is 9.80. The molecule has 1 aromatic heterocycles. The molecule has 0 unspecified atom stereocenters. The molecule has 0 aliphatic carbocycles. The molecule has 0 fully saturated rings. The van der Waals surface area contributed by atoms with Crippen molar-refractivity contribution in [3.63, 3.8) is 0 Å². The predicted molar refractivity (Wildman–Crippen MR) is 89.7 cm³/mol. The van der Waals surface area contributed by atoms with Gasteiger partial charge in [-0.2, -0.15) is 4.31 Å². The van der Waals surface area contributed by atoms with Crippen LogP contribution in [-0.2, 0) is 16.6 Å². The average molecular weight is 455 g/mol. The summed E-state index contributed by atoms with van der Waals surface area (Å²) in [5.74, 6) is 0. The maximum atomic E-state index is 12.5. The van der Waals surface area contributed by atoms with Crippen molar-refractivity contribution in [2.24, 2.45) is 0 Å². The molecule has 0 radical (unpaired) electrons. The van der Waals surface area contributed by atoms with Crippen LogP contribution < -0.4 is 0 Å². The van der Waals surface area contributed by atoms with E-state index < -0.39 is 10.0 Å². The van der Waals surface area contributed by atoms with E-state index in [2.05, 4.69) is 36.8 Å². The number of rotatable bonds is 4. The first kappa shape index (κ1) is 16.9. The van der Waals surface area contributed by atoms with Gasteiger partial charge in [-0.05, 0) is 39.7 Å². The van der Waals surface area contributed by atoms with Crippen LogP contribution in [0.5, 0.6) is 0 Å². The lowest BCUT2D eigenvalue weighted by molar-refractivity contribution is 0.466. The smallest absolute Gasteiger partial charge is 0.242 e. The molecule has 0 amide bonds. The van der Waals surface area contributed by atoms with Crippen molar-refractivity contribution in [2.45, 2.75) is 11.4 Å². The molecule has 2 rings (SSSR count). The third-order valence-electron chi connectivity index (χ3n) is 2.78. The van der Waals surface area contributed by atoms with Crippen LogP contribution in [0, 0.1) is 0 Å². The highest BCUT2D eigenvalue weighted by Gasteiger charge is 2.24. The number of hydrogen-bond donors (Lipinski definition) is 0. The van der Waals surface area contributed by atoms with Crippen LogP contribution in [0.25, 0.3) is 0 Å². The molecule has 1 heterocycles. The van der Waals surface area contributed by atoms with Crippen molar-refractivity contribution < 1.29 is 8.42 Å². The minimum atomic E-state index is -3.70. The van der Waals surface area contributed by atoms with Gasteiger partial charge in [0.05, 0.1) is 0 Å². The molecule has 0 spiro atoms. The second-order valence-electron chi connectivity index (χ2n) is 4.33. The lowest BCUT2D eigenvalue weighted by atomic mass is 10.2. The molecule has 1 aromatic carbocycles. The van der Waals surface area contributed by atoms with Gasteiger partial charge in [0.25, 0.3) is 0 Å². The van der Waals surface area contributed by atoms with Gasteiger partial charge in [0.2, 0.25) is 10.0 Å². The Kier molecular flexibility index (Phi) is 5.43. The minimum Gasteiger partial charge on any atom is -0.242 e. The maximum absolute atomic E-state index is 12.5. The van der Waals surface area contributed by atoms with Crippen LogP contribution >= 0.6 is 43.5 Å². The number of sulfonamides is 1. The summed E-state index contributed by atoms with van der Waals surface area (Å²) >= 11 is 12.5. The summed E-state index contributed by atoms with van der Waals surface area (Å²) < 4.78 is 27.8. The molecule has 112 valence electrons. The van der Waals surface area contributed by atoms with Gasteiger partial charge in [0.15, 0.2) is 0 Å². The molecule has 0 aliphatic rings. The molecule has 21 heavy (non-hydrogen) atoms. The summed E-state index contributed by atoms with van der Waals surface area (Å²) in [6, 6.07) is 8.89. The molecule has 0 aliphatic heterocycles. The molecule has 0 bridgehead atoms. The zero-order valence-corrected chi connectivity index (χ0v) is 15.7. The Hall–Kier alpha value is -0.470. The third-order valence-corrected chi connectivity index (χ3v) is 5.97. The van der Waals surface area contributed by atoms with Crippen LogP contribution in [-0.4, -0.2) is 24.8 Å². The Bertz CT molecular complexity index is 751. The van der Waals surface area contributed by atoms with E-state index in [0.29, 0.717) is 4.47 Å². The zero-order valence-electron chi connectivity index (χ0n) is 10.9. The normalized spacial score (nSPS) is 11.9. The lowest BCUT2D eigenvalue weighted by Crippen LogP contribution is -2.27. The van der Waals surface area contributed by atoms with E-state index in [-0.39, 0.29) is 16.6 Å². The minimum absolute atomic E-state index is 0.0156. The number of aromatic nitrogens is 1. The van der Waals surface area contributed by atoms with Gasteiger partial charge in [0, 0.05) is 28.7 Å². The van der Waals surface area contributed by atoms with Crippen molar-refractivity contribution in [3.8, 4) is 0 Å². The molecule has 0 atom stereocenters. The monoisotopic (exact) mass is 452 g/mol. The van der Waals surface area contributed by atoms with Crippen molar-refractivity contribution in [3.05, 3.63) is 56.2 Å². The number of pyridine rings is 1. The second kappa shape index (κ2) is 6.75. The summed E-state index contributed by atoms with van der Waals surface area (Å²) in [4.78, 5) is 3.84. The van der Waals surface area contributed by atoms with Crippen molar-refractivity contribution in [1.29, 1.82) is 0 Å². The fraction of sp³-hybridized carbons (Fsp3) is 0.154. The lowest BCUT2D eigenvalue weighted by Gasteiger charge is -2.18. The first-order valence-corrected chi connectivity index (χ1v) is 9.23. The Labute approximate surface area is 145 Å². The Morgan fingerprint density at radius 1 is 1.19 bits per heavy atom. The van der Waals surface area contributed by atoms with E-state index in [1.54, 1.807) is 0 Å². The molecule has 4 nitrogen and oxygen atoms in total. The Morgan fingerprint density at radius 3 is 2.43 bits per heavy atom. The van der Waals surface area contributed by atoms with Crippen LogP contribution in [0.3, 0.4) is 0 Å². The number of hydrogen-bond acceptors (Lipinski definition) is 3. The average Bonchev–Trinajstić information content (AvgIpc) is 2.43. The fourth-order valence-electron chi connectivity index (χ4n) is 1.68. The predicted octanol–water partition coefficient (Wildman–Crippen LogP) is 4.08. The van der Waals surface area contributed by atoms with E-state index >= 15 is 0 Å². The van der Waals surface area contributed by atoms with Gasteiger partial charge in [-0.15, -0.1) is 0 Å². The SMILES string of the molecule is CN(Cc1ccc(Br)cc1)S(=O)(=O)c1cc(Br)cnc1Cl. The van der Waals surface area contributed by atoms with E-state index in [4.69, 9.17) is 11.6 Å². The molecular weight excluding hydrogens is 443 g/mol. The highest BCUT2D eigenvalue weighted by atomic mass is 79.9. The Balaban J connectivity index is 2.30. The van der Waals surface area contributed by atoms with Gasteiger partial charge in [-0.1, -0.05) is 39.7 Å². The zero-order chi connectivity index (χ0) is 15.6. The van der Waals surface area contributed by atoms with Gasteiger partial charge in [0.1, 0.15) is 10.0 Å². The summed E-state index contributed by atoms with van der Waals surface area (Å²) in [7, 11) is -2.19. The van der Waals surface area contributed by atoms with E-state index in [0.717, 1.165) is 10.0 Å². The molecule has 0 saturated heterocycles. The van der Waals surface area contributed by atoms with Crippen LogP contribution in [0.2, 0.25) is 5.15 Å². The van der Waals surface area contributed by atoms with Crippen molar-refractivity contribution in [1.82, 2.24) is 9.29 Å². The fourth-order valence-corrected chi connectivity index (χ4v) is 4.02. The van der Waals surface area contributed by atoms with Crippen LogP contribution in [0.15, 0.2) is 50.4 Å². The van der Waals surface area contributed by atoms with Gasteiger partial charge < -0.3 is 0 Å². The number of benzene rings is 1. The summed E-state index contributed by atoms with van der Waals surface area (Å²) in [5.41, 5.74) is 0.878. The first-order valence-electron chi connectivity index (χ1n) is 5.82. The van der Waals surface area contributed by atoms with E-state index in [9.17, 15) is 8.42 Å².